The van der Waals surface area contributed by atoms with Gasteiger partial charge >= 0.3 is 11.9 Å². The van der Waals surface area contributed by atoms with Crippen LogP contribution in [0.5, 0.6) is 0 Å². The van der Waals surface area contributed by atoms with Crippen LogP contribution in [0.15, 0.2) is 12.2 Å². The highest BCUT2D eigenvalue weighted by Crippen LogP contribution is 2.07. The number of nitrogens with zero attached hydrogens (tertiary/aromatic N) is 1. The summed E-state index contributed by atoms with van der Waals surface area (Å²) in [6, 6.07) is -1.40. The molecule has 0 aliphatic carbocycles. The smallest absolute Gasteiger partial charge is 0.340 e. The Hall–Kier alpha value is -1.56. The number of hydrogen-bond acceptors (Lipinski definition) is 5. The molecule has 114 valence electrons. The van der Waals surface area contributed by atoms with E-state index in [9.17, 15) is 14.4 Å². The van der Waals surface area contributed by atoms with Crippen molar-refractivity contribution in [1.29, 1.82) is 0 Å². The lowest BCUT2D eigenvalue weighted by Gasteiger charge is -2.26. The molecule has 6 nitrogen and oxygen atoms in total. The molecule has 0 spiro atoms. The monoisotopic (exact) mass is 305 g/mol. The Labute approximate surface area is 123 Å². The third kappa shape index (κ3) is 6.06. The maximum atomic E-state index is 11.9. The van der Waals surface area contributed by atoms with Gasteiger partial charge in [-0.15, -0.1) is 11.6 Å². The fourth-order valence-electron chi connectivity index (χ4n) is 1.46. The Balaban J connectivity index is 5.18. The van der Waals surface area contributed by atoms with Crippen molar-refractivity contribution < 1.29 is 23.9 Å². The lowest BCUT2D eigenvalue weighted by Crippen LogP contribution is -2.50. The summed E-state index contributed by atoms with van der Waals surface area (Å²) in [5.41, 5.74) is 0. The highest BCUT2D eigenvalue weighted by Gasteiger charge is 2.36. The van der Waals surface area contributed by atoms with Crippen LogP contribution >= 0.6 is 11.6 Å². The Morgan fingerprint density at radius 2 is 1.60 bits per heavy atom. The van der Waals surface area contributed by atoms with E-state index in [0.717, 1.165) is 4.90 Å². The SMILES string of the molecule is CCOC(=O)C(C(=O)OCC)N(C/C=C/CCl)C(C)=O. The van der Waals surface area contributed by atoms with E-state index < -0.39 is 23.9 Å². The minimum Gasteiger partial charge on any atom is -0.464 e. The number of alkyl halides is 1. The highest BCUT2D eigenvalue weighted by molar-refractivity contribution is 6.18. The van der Waals surface area contributed by atoms with Gasteiger partial charge in [0.15, 0.2) is 0 Å². The van der Waals surface area contributed by atoms with Gasteiger partial charge in [-0.2, -0.15) is 0 Å². The first-order valence-corrected chi connectivity index (χ1v) is 6.84. The Kier molecular flexibility index (Phi) is 9.45. The minimum atomic E-state index is -1.40. The summed E-state index contributed by atoms with van der Waals surface area (Å²) in [6.07, 6.45) is 3.21. The van der Waals surface area contributed by atoms with E-state index in [-0.39, 0.29) is 25.6 Å². The second kappa shape index (κ2) is 10.3. The van der Waals surface area contributed by atoms with Crippen molar-refractivity contribution in [3.05, 3.63) is 12.2 Å². The van der Waals surface area contributed by atoms with E-state index in [1.54, 1.807) is 26.0 Å². The number of allylic oxidation sites excluding steroid dienone is 1. The van der Waals surface area contributed by atoms with Gasteiger partial charge < -0.3 is 14.4 Å². The molecule has 0 aromatic rings. The molecule has 0 saturated heterocycles. The van der Waals surface area contributed by atoms with Crippen LogP contribution in [0.25, 0.3) is 0 Å². The molecule has 0 aliphatic rings. The van der Waals surface area contributed by atoms with Gasteiger partial charge in [-0.1, -0.05) is 12.2 Å². The van der Waals surface area contributed by atoms with E-state index in [0.29, 0.717) is 0 Å². The zero-order chi connectivity index (χ0) is 15.5. The molecule has 0 bridgehead atoms. The first kappa shape index (κ1) is 18.4. The summed E-state index contributed by atoms with van der Waals surface area (Å²) >= 11 is 5.50. The lowest BCUT2D eigenvalue weighted by atomic mass is 10.2. The van der Waals surface area contributed by atoms with Crippen LogP contribution in [-0.2, 0) is 23.9 Å². The average Bonchev–Trinajstić information content (AvgIpc) is 2.38. The first-order valence-electron chi connectivity index (χ1n) is 6.30. The van der Waals surface area contributed by atoms with E-state index in [2.05, 4.69) is 0 Å². The molecule has 0 heterocycles. The quantitative estimate of drug-likeness (QED) is 0.291. The lowest BCUT2D eigenvalue weighted by molar-refractivity contribution is -0.166. The largest absolute Gasteiger partial charge is 0.464 e. The first-order chi connectivity index (χ1) is 9.49. The molecular formula is C13H20ClNO5. The number of halogens is 1. The van der Waals surface area contributed by atoms with Crippen LogP contribution in [-0.4, -0.2) is 54.4 Å². The Morgan fingerprint density at radius 1 is 1.10 bits per heavy atom. The van der Waals surface area contributed by atoms with Crippen LogP contribution in [0.3, 0.4) is 0 Å². The number of ether oxygens (including phenoxy) is 2. The van der Waals surface area contributed by atoms with Gasteiger partial charge in [-0.3, -0.25) is 4.79 Å². The number of esters is 2. The van der Waals surface area contributed by atoms with Gasteiger partial charge in [0.1, 0.15) is 0 Å². The standard InChI is InChI=1S/C13H20ClNO5/c1-4-19-12(17)11(13(18)20-5-2)15(10(3)16)9-7-6-8-14/h6-7,11H,4-5,8-9H2,1-3H3/b7-6+. The minimum absolute atomic E-state index is 0.0738. The topological polar surface area (TPSA) is 72.9 Å². The van der Waals surface area contributed by atoms with E-state index in [4.69, 9.17) is 21.1 Å². The maximum absolute atomic E-state index is 11.9. The number of carbonyl (C=O) groups is 3. The Morgan fingerprint density at radius 3 is 1.95 bits per heavy atom. The van der Waals surface area contributed by atoms with Crippen LogP contribution in [0.2, 0.25) is 0 Å². The number of carbonyl (C=O) groups excluding carboxylic acids is 3. The molecule has 0 atom stereocenters. The van der Waals surface area contributed by atoms with Crippen molar-refractivity contribution in [2.45, 2.75) is 26.8 Å². The van der Waals surface area contributed by atoms with Crippen LogP contribution in [0.4, 0.5) is 0 Å². The third-order valence-corrected chi connectivity index (χ3v) is 2.47. The molecule has 0 aliphatic heterocycles. The van der Waals surface area contributed by atoms with Crippen LogP contribution in [0.1, 0.15) is 20.8 Å². The molecule has 0 aromatic heterocycles. The molecule has 0 N–H and O–H groups in total. The van der Waals surface area contributed by atoms with Gasteiger partial charge in [0, 0.05) is 19.3 Å². The Bertz CT molecular complexity index is 352. The predicted molar refractivity (Wildman–Crippen MR) is 74.3 cm³/mol. The van der Waals surface area contributed by atoms with Gasteiger partial charge in [0.2, 0.25) is 11.9 Å². The summed E-state index contributed by atoms with van der Waals surface area (Å²) in [5, 5.41) is 0. The molecule has 1 amide bonds. The van der Waals surface area contributed by atoms with E-state index >= 15 is 0 Å². The third-order valence-electron chi connectivity index (χ3n) is 2.29. The average molecular weight is 306 g/mol. The van der Waals surface area contributed by atoms with Crippen molar-refractivity contribution in [3.8, 4) is 0 Å². The van der Waals surface area contributed by atoms with Gasteiger partial charge in [-0.25, -0.2) is 9.59 Å². The molecular weight excluding hydrogens is 286 g/mol. The van der Waals surface area contributed by atoms with Gasteiger partial charge in [0.05, 0.1) is 13.2 Å². The van der Waals surface area contributed by atoms with Crippen molar-refractivity contribution in [2.75, 3.05) is 25.6 Å². The molecule has 20 heavy (non-hydrogen) atoms. The summed E-state index contributed by atoms with van der Waals surface area (Å²) in [7, 11) is 0. The maximum Gasteiger partial charge on any atom is 0.340 e. The van der Waals surface area contributed by atoms with Crippen LogP contribution in [0, 0.1) is 0 Å². The van der Waals surface area contributed by atoms with Gasteiger partial charge in [-0.05, 0) is 13.8 Å². The molecule has 0 aromatic carbocycles. The fraction of sp³-hybridized carbons (Fsp3) is 0.615. The summed E-state index contributed by atoms with van der Waals surface area (Å²) < 4.78 is 9.65. The summed E-state index contributed by atoms with van der Waals surface area (Å²) in [5.74, 6) is -1.77. The van der Waals surface area contributed by atoms with E-state index in [1.807, 2.05) is 0 Å². The number of hydrogen-bond donors (Lipinski definition) is 0. The molecule has 0 radical (unpaired) electrons. The van der Waals surface area contributed by atoms with Crippen molar-refractivity contribution in [1.82, 2.24) is 4.90 Å². The normalized spacial score (nSPS) is 10.7. The van der Waals surface area contributed by atoms with E-state index in [1.165, 1.54) is 6.92 Å². The predicted octanol–water partition coefficient (Wildman–Crippen LogP) is 1.12. The second-order valence-corrected chi connectivity index (χ2v) is 4.01. The zero-order valence-electron chi connectivity index (χ0n) is 11.9. The highest BCUT2D eigenvalue weighted by atomic mass is 35.5. The van der Waals surface area contributed by atoms with Crippen molar-refractivity contribution in [2.24, 2.45) is 0 Å². The molecule has 0 saturated carbocycles. The molecule has 0 rings (SSSR count). The summed E-state index contributed by atoms with van der Waals surface area (Å²) in [6.45, 7) is 4.79. The fourth-order valence-corrected chi connectivity index (χ4v) is 1.59. The van der Waals surface area contributed by atoms with Crippen LogP contribution < -0.4 is 0 Å². The molecule has 0 fully saturated rings. The van der Waals surface area contributed by atoms with Crippen molar-refractivity contribution >= 4 is 29.4 Å². The molecule has 0 unspecified atom stereocenters. The second-order valence-electron chi connectivity index (χ2n) is 3.70. The molecule has 7 heteroatoms. The number of rotatable bonds is 8. The number of amides is 1. The van der Waals surface area contributed by atoms with Gasteiger partial charge in [0.25, 0.3) is 0 Å². The summed E-state index contributed by atoms with van der Waals surface area (Å²) in [4.78, 5) is 36.5. The zero-order valence-corrected chi connectivity index (χ0v) is 12.7. The van der Waals surface area contributed by atoms with Crippen molar-refractivity contribution in [3.63, 3.8) is 0 Å².